The Hall–Kier alpha value is -2.58. The minimum absolute atomic E-state index is 0.0266. The number of sulfonamides is 1. The first-order chi connectivity index (χ1) is 14.8. The average molecular weight is 449 g/mol. The Morgan fingerprint density at radius 3 is 2.42 bits per heavy atom. The number of rotatable bonds is 12. The van der Waals surface area contributed by atoms with E-state index in [-0.39, 0.29) is 23.1 Å². The van der Waals surface area contributed by atoms with Crippen LogP contribution in [0.5, 0.6) is 5.75 Å². The van der Waals surface area contributed by atoms with Crippen molar-refractivity contribution >= 4 is 21.6 Å². The molecular formula is C23H32N2O5S. The molecule has 0 aromatic heterocycles. The van der Waals surface area contributed by atoms with Gasteiger partial charge in [0.2, 0.25) is 5.91 Å². The van der Waals surface area contributed by atoms with Gasteiger partial charge in [-0.1, -0.05) is 25.1 Å². The number of methoxy groups -OCH3 is 1. The van der Waals surface area contributed by atoms with Crippen molar-refractivity contribution in [2.75, 3.05) is 37.7 Å². The summed E-state index contributed by atoms with van der Waals surface area (Å²) in [5.41, 5.74) is 2.28. The van der Waals surface area contributed by atoms with Gasteiger partial charge in [-0.2, -0.15) is 0 Å². The summed E-state index contributed by atoms with van der Waals surface area (Å²) in [6.07, 6.45) is 1.49. The summed E-state index contributed by atoms with van der Waals surface area (Å²) >= 11 is 0. The van der Waals surface area contributed by atoms with Crippen molar-refractivity contribution in [2.24, 2.45) is 0 Å². The Labute approximate surface area is 185 Å². The lowest BCUT2D eigenvalue weighted by atomic mass is 10.1. The van der Waals surface area contributed by atoms with E-state index in [0.29, 0.717) is 31.9 Å². The molecule has 2 aromatic carbocycles. The largest absolute Gasteiger partial charge is 0.495 e. The predicted molar refractivity (Wildman–Crippen MR) is 122 cm³/mol. The van der Waals surface area contributed by atoms with E-state index in [1.54, 1.807) is 30.3 Å². The van der Waals surface area contributed by atoms with Crippen LogP contribution < -0.4 is 14.4 Å². The maximum atomic E-state index is 13.6. The molecule has 0 atom stereocenters. The summed E-state index contributed by atoms with van der Waals surface area (Å²) < 4.78 is 38.9. The molecular weight excluding hydrogens is 416 g/mol. The Balaban J connectivity index is 2.35. The standard InChI is InChI=1S/C23H32N2O5S/c1-5-19-9-11-20(12-10-19)25(17-23(26)24-14-7-15-30-6-2)31(27,28)22-16-18(3)8-13-21(22)29-4/h8-13,16H,5-7,14-15,17H2,1-4H3,(H,24,26). The van der Waals surface area contributed by atoms with Crippen molar-refractivity contribution in [3.63, 3.8) is 0 Å². The monoisotopic (exact) mass is 448 g/mol. The smallest absolute Gasteiger partial charge is 0.268 e. The number of nitrogens with zero attached hydrogens (tertiary/aromatic N) is 1. The van der Waals surface area contributed by atoms with Crippen molar-refractivity contribution in [2.45, 2.75) is 38.5 Å². The molecule has 0 spiro atoms. The van der Waals surface area contributed by atoms with Crippen molar-refractivity contribution in [1.82, 2.24) is 5.32 Å². The number of aryl methyl sites for hydroxylation is 2. The maximum absolute atomic E-state index is 13.6. The summed E-state index contributed by atoms with van der Waals surface area (Å²) in [5.74, 6) is -0.149. The van der Waals surface area contributed by atoms with E-state index in [9.17, 15) is 13.2 Å². The van der Waals surface area contributed by atoms with Crippen molar-refractivity contribution < 1.29 is 22.7 Å². The zero-order chi connectivity index (χ0) is 22.9. The molecule has 0 heterocycles. The van der Waals surface area contributed by atoms with Crippen LogP contribution in [-0.2, 0) is 26.0 Å². The molecule has 0 radical (unpaired) electrons. The molecule has 0 unspecified atom stereocenters. The second kappa shape index (κ2) is 11.7. The molecule has 8 heteroatoms. The fourth-order valence-corrected chi connectivity index (χ4v) is 4.71. The van der Waals surface area contributed by atoms with E-state index in [2.05, 4.69) is 5.32 Å². The zero-order valence-electron chi connectivity index (χ0n) is 18.7. The molecule has 0 aliphatic rings. The van der Waals surface area contributed by atoms with Gasteiger partial charge in [-0.05, 0) is 62.1 Å². The van der Waals surface area contributed by atoms with E-state index in [1.807, 2.05) is 32.9 Å². The van der Waals surface area contributed by atoms with E-state index >= 15 is 0 Å². The number of carbonyl (C=O) groups is 1. The van der Waals surface area contributed by atoms with Crippen LogP contribution in [0.15, 0.2) is 47.4 Å². The molecule has 2 aromatic rings. The molecule has 0 bridgehead atoms. The lowest BCUT2D eigenvalue weighted by Crippen LogP contribution is -2.41. The first kappa shape index (κ1) is 24.7. The first-order valence-electron chi connectivity index (χ1n) is 10.4. The Morgan fingerprint density at radius 1 is 1.10 bits per heavy atom. The van der Waals surface area contributed by atoms with Crippen LogP contribution in [0.25, 0.3) is 0 Å². The number of hydrogen-bond donors (Lipinski definition) is 1. The van der Waals surface area contributed by atoms with Crippen LogP contribution in [0.1, 0.15) is 31.4 Å². The van der Waals surface area contributed by atoms with Crippen LogP contribution in [0, 0.1) is 6.92 Å². The van der Waals surface area contributed by atoms with Gasteiger partial charge in [0.05, 0.1) is 12.8 Å². The van der Waals surface area contributed by atoms with Gasteiger partial charge in [-0.15, -0.1) is 0 Å². The minimum atomic E-state index is -4.05. The van der Waals surface area contributed by atoms with Gasteiger partial charge in [-0.25, -0.2) is 8.42 Å². The van der Waals surface area contributed by atoms with Gasteiger partial charge < -0.3 is 14.8 Å². The quantitative estimate of drug-likeness (QED) is 0.504. The highest BCUT2D eigenvalue weighted by Crippen LogP contribution is 2.31. The summed E-state index contributed by atoms with van der Waals surface area (Å²) in [5, 5.41) is 2.77. The maximum Gasteiger partial charge on any atom is 0.268 e. The van der Waals surface area contributed by atoms with Crippen LogP contribution in [0.2, 0.25) is 0 Å². The van der Waals surface area contributed by atoms with E-state index < -0.39 is 10.0 Å². The van der Waals surface area contributed by atoms with Crippen LogP contribution in [0.3, 0.4) is 0 Å². The molecule has 0 aliphatic carbocycles. The Bertz CT molecular complexity index is 958. The lowest BCUT2D eigenvalue weighted by Gasteiger charge is -2.25. The second-order valence-electron chi connectivity index (χ2n) is 7.09. The molecule has 0 saturated heterocycles. The average Bonchev–Trinajstić information content (AvgIpc) is 2.77. The second-order valence-corrected chi connectivity index (χ2v) is 8.92. The van der Waals surface area contributed by atoms with Crippen molar-refractivity contribution in [3.05, 3.63) is 53.6 Å². The Kier molecular flexibility index (Phi) is 9.33. The van der Waals surface area contributed by atoms with E-state index in [4.69, 9.17) is 9.47 Å². The normalized spacial score (nSPS) is 11.2. The number of ether oxygens (including phenoxy) is 2. The molecule has 0 saturated carbocycles. The summed E-state index contributed by atoms with van der Waals surface area (Å²) in [6.45, 7) is 6.98. The van der Waals surface area contributed by atoms with Gasteiger partial charge in [0.25, 0.3) is 10.0 Å². The highest BCUT2D eigenvalue weighted by Gasteiger charge is 2.30. The van der Waals surface area contributed by atoms with E-state index in [1.165, 1.54) is 7.11 Å². The summed E-state index contributed by atoms with van der Waals surface area (Å²) in [6, 6.07) is 12.1. The third-order valence-corrected chi connectivity index (χ3v) is 6.59. The number of benzene rings is 2. The number of amides is 1. The van der Waals surface area contributed by atoms with Gasteiger partial charge in [0.1, 0.15) is 17.2 Å². The SMILES string of the molecule is CCOCCCNC(=O)CN(c1ccc(CC)cc1)S(=O)(=O)c1cc(C)ccc1OC. The molecule has 0 fully saturated rings. The number of anilines is 1. The molecule has 0 aliphatic heterocycles. The highest BCUT2D eigenvalue weighted by atomic mass is 32.2. The molecule has 1 amide bonds. The summed E-state index contributed by atoms with van der Waals surface area (Å²) in [4.78, 5) is 12.6. The van der Waals surface area contributed by atoms with Crippen LogP contribution >= 0.6 is 0 Å². The molecule has 31 heavy (non-hydrogen) atoms. The lowest BCUT2D eigenvalue weighted by molar-refractivity contribution is -0.119. The van der Waals surface area contributed by atoms with Gasteiger partial charge in [-0.3, -0.25) is 9.10 Å². The van der Waals surface area contributed by atoms with Crippen LogP contribution in [0.4, 0.5) is 5.69 Å². The van der Waals surface area contributed by atoms with Gasteiger partial charge in [0, 0.05) is 19.8 Å². The first-order valence-corrected chi connectivity index (χ1v) is 11.9. The Morgan fingerprint density at radius 2 is 1.81 bits per heavy atom. The zero-order valence-corrected chi connectivity index (χ0v) is 19.5. The van der Waals surface area contributed by atoms with E-state index in [0.717, 1.165) is 21.9 Å². The van der Waals surface area contributed by atoms with Gasteiger partial charge >= 0.3 is 0 Å². The number of carbonyl (C=O) groups excluding carboxylic acids is 1. The van der Waals surface area contributed by atoms with Crippen molar-refractivity contribution in [3.8, 4) is 5.75 Å². The van der Waals surface area contributed by atoms with Gasteiger partial charge in [0.15, 0.2) is 0 Å². The van der Waals surface area contributed by atoms with Crippen LogP contribution in [-0.4, -0.2) is 47.7 Å². The third-order valence-electron chi connectivity index (χ3n) is 4.80. The third kappa shape index (κ3) is 6.70. The molecule has 2 rings (SSSR count). The number of nitrogens with one attached hydrogen (secondary N) is 1. The number of hydrogen-bond acceptors (Lipinski definition) is 5. The predicted octanol–water partition coefficient (Wildman–Crippen LogP) is 3.30. The minimum Gasteiger partial charge on any atom is -0.495 e. The topological polar surface area (TPSA) is 84.9 Å². The highest BCUT2D eigenvalue weighted by molar-refractivity contribution is 7.93. The molecule has 1 N–H and O–H groups in total. The summed E-state index contributed by atoms with van der Waals surface area (Å²) in [7, 11) is -2.62. The molecule has 170 valence electrons. The molecule has 7 nitrogen and oxygen atoms in total. The van der Waals surface area contributed by atoms with Crippen molar-refractivity contribution in [1.29, 1.82) is 0 Å². The fourth-order valence-electron chi connectivity index (χ4n) is 3.05. The fraction of sp³-hybridized carbons (Fsp3) is 0.435.